The number of carbonyl (C=O) groups is 1. The molecular formula is C24H32FN3O4S. The summed E-state index contributed by atoms with van der Waals surface area (Å²) in [6.07, 6.45) is 6.22. The van der Waals surface area contributed by atoms with Gasteiger partial charge >= 0.3 is 0 Å². The van der Waals surface area contributed by atoms with Gasteiger partial charge in [0, 0.05) is 31.0 Å². The number of sulfonamides is 1. The van der Waals surface area contributed by atoms with E-state index < -0.39 is 10.0 Å². The van der Waals surface area contributed by atoms with Crippen molar-refractivity contribution in [2.24, 2.45) is 5.92 Å². The Morgan fingerprint density at radius 3 is 2.36 bits per heavy atom. The highest BCUT2D eigenvalue weighted by molar-refractivity contribution is 7.89. The van der Waals surface area contributed by atoms with E-state index in [4.69, 9.17) is 4.52 Å². The molecule has 2 aliphatic rings. The van der Waals surface area contributed by atoms with Crippen molar-refractivity contribution in [3.05, 3.63) is 47.1 Å². The Balaban J connectivity index is 1.38. The van der Waals surface area contributed by atoms with Gasteiger partial charge in [-0.15, -0.1) is 0 Å². The number of hydrogen-bond acceptors (Lipinski definition) is 5. The zero-order chi connectivity index (χ0) is 23.6. The smallest absolute Gasteiger partial charge is 0.248 e. The normalized spacial score (nSPS) is 20.0. The van der Waals surface area contributed by atoms with Gasteiger partial charge in [-0.25, -0.2) is 12.8 Å². The number of nitrogens with one attached hydrogen (secondary N) is 1. The SMILES string of the molecule is Cc1noc(C)c1S(=O)(=O)N1CCC(C(=O)NCC2(c3ccc(F)cc3)CCCCC2)CC1. The molecule has 9 heteroatoms. The third-order valence-electron chi connectivity index (χ3n) is 7.26. The second-order valence-electron chi connectivity index (χ2n) is 9.40. The minimum atomic E-state index is -3.69. The van der Waals surface area contributed by atoms with Crippen LogP contribution in [0.2, 0.25) is 0 Å². The van der Waals surface area contributed by atoms with Crippen molar-refractivity contribution in [2.45, 2.75) is 69.1 Å². The lowest BCUT2D eigenvalue weighted by molar-refractivity contribution is -0.126. The first-order valence-electron chi connectivity index (χ1n) is 11.7. The molecule has 33 heavy (non-hydrogen) atoms. The molecule has 7 nitrogen and oxygen atoms in total. The summed E-state index contributed by atoms with van der Waals surface area (Å²) in [5.74, 6) is -0.232. The predicted molar refractivity (Wildman–Crippen MR) is 122 cm³/mol. The summed E-state index contributed by atoms with van der Waals surface area (Å²) < 4.78 is 46.0. The van der Waals surface area contributed by atoms with Crippen LogP contribution in [0.15, 0.2) is 33.7 Å². The highest BCUT2D eigenvalue weighted by atomic mass is 32.2. The molecule has 1 saturated carbocycles. The maximum Gasteiger partial charge on any atom is 0.248 e. The number of piperidine rings is 1. The summed E-state index contributed by atoms with van der Waals surface area (Å²) in [5.41, 5.74) is 1.25. The van der Waals surface area contributed by atoms with Gasteiger partial charge in [0.05, 0.1) is 0 Å². The maximum atomic E-state index is 13.5. The van der Waals surface area contributed by atoms with E-state index in [1.807, 2.05) is 12.1 Å². The lowest BCUT2D eigenvalue weighted by atomic mass is 9.69. The molecule has 1 aromatic carbocycles. The van der Waals surface area contributed by atoms with Gasteiger partial charge in [0.2, 0.25) is 15.9 Å². The molecular weight excluding hydrogens is 445 g/mol. The van der Waals surface area contributed by atoms with Crippen LogP contribution in [0.5, 0.6) is 0 Å². The van der Waals surface area contributed by atoms with Crippen LogP contribution in [0.25, 0.3) is 0 Å². The van der Waals surface area contributed by atoms with Gasteiger partial charge < -0.3 is 9.84 Å². The van der Waals surface area contributed by atoms with Crippen LogP contribution in [0.1, 0.15) is 62.0 Å². The second-order valence-corrected chi connectivity index (χ2v) is 11.3. The summed E-state index contributed by atoms with van der Waals surface area (Å²) in [6.45, 7) is 4.30. The van der Waals surface area contributed by atoms with Crippen molar-refractivity contribution < 1.29 is 22.1 Å². The first-order valence-corrected chi connectivity index (χ1v) is 13.1. The van der Waals surface area contributed by atoms with Crippen LogP contribution in [0.4, 0.5) is 4.39 Å². The lowest BCUT2D eigenvalue weighted by Crippen LogP contribution is -2.47. The topological polar surface area (TPSA) is 92.5 Å². The maximum absolute atomic E-state index is 13.5. The van der Waals surface area contributed by atoms with Gasteiger partial charge in [0.25, 0.3) is 0 Å². The molecule has 1 amide bonds. The number of hydrogen-bond donors (Lipinski definition) is 1. The molecule has 1 aliphatic carbocycles. The van der Waals surface area contributed by atoms with E-state index in [9.17, 15) is 17.6 Å². The first-order chi connectivity index (χ1) is 15.7. The Morgan fingerprint density at radius 1 is 1.15 bits per heavy atom. The van der Waals surface area contributed by atoms with Gasteiger partial charge in [-0.05, 0) is 57.2 Å². The largest absolute Gasteiger partial charge is 0.360 e. The zero-order valence-corrected chi connectivity index (χ0v) is 20.1. The fraction of sp³-hybridized carbons (Fsp3) is 0.583. The van der Waals surface area contributed by atoms with Crippen molar-refractivity contribution in [2.75, 3.05) is 19.6 Å². The molecule has 1 N–H and O–H groups in total. The van der Waals surface area contributed by atoms with E-state index in [1.165, 1.54) is 22.9 Å². The molecule has 0 atom stereocenters. The summed E-state index contributed by atoms with van der Waals surface area (Å²) in [5, 5.41) is 6.91. The quantitative estimate of drug-likeness (QED) is 0.682. The van der Waals surface area contributed by atoms with Crippen LogP contribution in [0.3, 0.4) is 0 Å². The minimum Gasteiger partial charge on any atom is -0.360 e. The van der Waals surface area contributed by atoms with Crippen molar-refractivity contribution in [3.8, 4) is 0 Å². The third-order valence-corrected chi connectivity index (χ3v) is 9.40. The number of halogens is 1. The van der Waals surface area contributed by atoms with Crippen LogP contribution in [-0.4, -0.2) is 43.4 Å². The highest BCUT2D eigenvalue weighted by Gasteiger charge is 2.37. The molecule has 0 bridgehead atoms. The molecule has 0 spiro atoms. The van der Waals surface area contributed by atoms with Crippen molar-refractivity contribution in [1.29, 1.82) is 0 Å². The summed E-state index contributed by atoms with van der Waals surface area (Å²) in [7, 11) is -3.69. The lowest BCUT2D eigenvalue weighted by Gasteiger charge is -2.39. The van der Waals surface area contributed by atoms with Crippen molar-refractivity contribution in [1.82, 2.24) is 14.8 Å². The van der Waals surface area contributed by atoms with E-state index in [2.05, 4.69) is 10.5 Å². The fourth-order valence-electron chi connectivity index (χ4n) is 5.33. The average molecular weight is 478 g/mol. The fourth-order valence-corrected chi connectivity index (χ4v) is 7.09. The van der Waals surface area contributed by atoms with E-state index >= 15 is 0 Å². The van der Waals surface area contributed by atoms with E-state index in [0.29, 0.717) is 25.1 Å². The molecule has 1 saturated heterocycles. The number of rotatable bonds is 6. The summed E-state index contributed by atoms with van der Waals surface area (Å²) in [6, 6.07) is 6.65. The molecule has 2 aromatic rings. The number of amides is 1. The minimum absolute atomic E-state index is 0.0311. The van der Waals surface area contributed by atoms with E-state index in [0.717, 1.165) is 31.2 Å². The standard InChI is InChI=1S/C24H32FN3O4S/c1-17-22(18(2)32-27-17)33(30,31)28-14-10-19(11-15-28)23(29)26-16-24(12-4-3-5-13-24)20-6-8-21(25)9-7-20/h6-9,19H,3-5,10-16H2,1-2H3,(H,26,29). The second kappa shape index (κ2) is 9.54. The number of aromatic nitrogens is 1. The zero-order valence-electron chi connectivity index (χ0n) is 19.3. The Bertz CT molecular complexity index is 1060. The van der Waals surface area contributed by atoms with Crippen LogP contribution >= 0.6 is 0 Å². The number of aryl methyl sites for hydroxylation is 2. The Labute approximate surface area is 194 Å². The third kappa shape index (κ3) is 4.84. The number of benzene rings is 1. The molecule has 2 heterocycles. The van der Waals surface area contributed by atoms with Gasteiger partial charge in [-0.3, -0.25) is 4.79 Å². The summed E-state index contributed by atoms with van der Waals surface area (Å²) >= 11 is 0. The Hall–Kier alpha value is -2.26. The van der Waals surface area contributed by atoms with Crippen LogP contribution in [0, 0.1) is 25.6 Å². The van der Waals surface area contributed by atoms with Gasteiger partial charge in [0.1, 0.15) is 16.4 Å². The van der Waals surface area contributed by atoms with Gasteiger partial charge in [-0.1, -0.05) is 36.6 Å². The molecule has 0 unspecified atom stereocenters. The van der Waals surface area contributed by atoms with E-state index in [1.54, 1.807) is 13.8 Å². The van der Waals surface area contributed by atoms with Crippen LogP contribution in [-0.2, 0) is 20.2 Å². The summed E-state index contributed by atoms with van der Waals surface area (Å²) in [4.78, 5) is 13.1. The van der Waals surface area contributed by atoms with Gasteiger partial charge in [0.15, 0.2) is 5.76 Å². The van der Waals surface area contributed by atoms with Gasteiger partial charge in [-0.2, -0.15) is 4.31 Å². The molecule has 1 aliphatic heterocycles. The molecule has 180 valence electrons. The molecule has 2 fully saturated rings. The number of nitrogens with zero attached hydrogens (tertiary/aromatic N) is 2. The first kappa shape index (κ1) is 23.9. The van der Waals surface area contributed by atoms with E-state index in [-0.39, 0.29) is 46.8 Å². The highest BCUT2D eigenvalue weighted by Crippen LogP contribution is 2.39. The monoisotopic (exact) mass is 477 g/mol. The molecule has 0 radical (unpaired) electrons. The van der Waals surface area contributed by atoms with Crippen LogP contribution < -0.4 is 5.32 Å². The van der Waals surface area contributed by atoms with Crippen molar-refractivity contribution in [3.63, 3.8) is 0 Å². The number of carbonyl (C=O) groups excluding carboxylic acids is 1. The van der Waals surface area contributed by atoms with Crippen molar-refractivity contribution >= 4 is 15.9 Å². The Kier molecular flexibility index (Phi) is 6.91. The predicted octanol–water partition coefficient (Wildman–Crippen LogP) is 3.85. The molecule has 1 aromatic heterocycles. The molecule has 4 rings (SSSR count). The Morgan fingerprint density at radius 2 is 1.79 bits per heavy atom. The average Bonchev–Trinajstić information content (AvgIpc) is 3.17.